The molecule has 6 nitrogen and oxygen atoms in total. The highest BCUT2D eigenvalue weighted by Crippen LogP contribution is 2.47. The Hall–Kier alpha value is -2.99. The van der Waals surface area contributed by atoms with Crippen LogP contribution in [0.4, 0.5) is 0 Å². The summed E-state index contributed by atoms with van der Waals surface area (Å²) in [4.78, 5) is 25.5. The fourth-order valence-corrected chi connectivity index (χ4v) is 6.56. The smallest absolute Gasteiger partial charge is 0.290 e. The van der Waals surface area contributed by atoms with Crippen LogP contribution in [-0.4, -0.2) is 43.0 Å². The molecule has 1 unspecified atom stereocenters. The quantitative estimate of drug-likeness (QED) is 0.627. The molecule has 4 heterocycles. The number of amides is 1. The van der Waals surface area contributed by atoms with E-state index in [-0.39, 0.29) is 17.9 Å². The lowest BCUT2D eigenvalue weighted by Gasteiger charge is -2.52. The minimum absolute atomic E-state index is 0.0114. The molecule has 0 bridgehead atoms. The lowest BCUT2D eigenvalue weighted by Crippen LogP contribution is -2.59. The minimum Gasteiger partial charge on any atom is -0.385 e. The van der Waals surface area contributed by atoms with Gasteiger partial charge in [0.25, 0.3) is 5.91 Å². The molecule has 0 radical (unpaired) electrons. The molecule has 2 aromatic heterocycles. The number of hydrogen-bond donors (Lipinski definition) is 1. The molecule has 1 aromatic carbocycles. The minimum atomic E-state index is -0.881. The predicted octanol–water partition coefficient (Wildman–Crippen LogP) is 4.57. The van der Waals surface area contributed by atoms with Crippen molar-refractivity contribution in [3.63, 3.8) is 0 Å². The molecule has 6 rings (SSSR count). The first-order valence-electron chi connectivity index (χ1n) is 12.8. The lowest BCUT2D eigenvalue weighted by molar-refractivity contribution is -0.110. The second kappa shape index (κ2) is 8.66. The van der Waals surface area contributed by atoms with Gasteiger partial charge in [0, 0.05) is 36.9 Å². The lowest BCUT2D eigenvalue weighted by atomic mass is 9.66. The number of rotatable bonds is 3. The van der Waals surface area contributed by atoms with Crippen LogP contribution in [0.5, 0.6) is 0 Å². The van der Waals surface area contributed by atoms with E-state index in [0.717, 1.165) is 74.1 Å². The molecule has 1 N–H and O–H groups in total. The Bertz CT molecular complexity index is 1180. The molecule has 3 aromatic rings. The molecular weight excluding hydrogens is 424 g/mol. The van der Waals surface area contributed by atoms with Gasteiger partial charge < -0.3 is 14.6 Å². The van der Waals surface area contributed by atoms with E-state index in [0.29, 0.717) is 18.8 Å². The van der Waals surface area contributed by atoms with Gasteiger partial charge in [0.15, 0.2) is 5.82 Å². The highest BCUT2D eigenvalue weighted by molar-refractivity contribution is 5.92. The number of benzene rings is 1. The van der Waals surface area contributed by atoms with Crippen LogP contribution >= 0.6 is 0 Å². The van der Waals surface area contributed by atoms with Gasteiger partial charge in [-0.1, -0.05) is 49.2 Å². The molecule has 1 saturated carbocycles. The van der Waals surface area contributed by atoms with Gasteiger partial charge in [-0.05, 0) is 56.2 Å². The van der Waals surface area contributed by atoms with E-state index in [1.165, 1.54) is 0 Å². The first-order valence-corrected chi connectivity index (χ1v) is 12.8. The van der Waals surface area contributed by atoms with Crippen molar-refractivity contribution in [2.75, 3.05) is 6.54 Å². The summed E-state index contributed by atoms with van der Waals surface area (Å²) in [6, 6.07) is 15.9. The van der Waals surface area contributed by atoms with Crippen molar-refractivity contribution < 1.29 is 9.90 Å². The number of hydrogen-bond acceptors (Lipinski definition) is 4. The molecule has 176 valence electrons. The molecule has 1 aliphatic carbocycles. The topological polar surface area (TPSA) is 71.2 Å². The van der Waals surface area contributed by atoms with Gasteiger partial charge in [0.05, 0.1) is 11.3 Å². The average molecular weight is 457 g/mol. The molecule has 3 aliphatic rings. The van der Waals surface area contributed by atoms with Crippen molar-refractivity contribution in [2.24, 2.45) is 5.92 Å². The highest BCUT2D eigenvalue weighted by Gasteiger charge is 2.51. The highest BCUT2D eigenvalue weighted by atomic mass is 16.3. The van der Waals surface area contributed by atoms with Crippen LogP contribution in [0.3, 0.4) is 0 Å². The molecule has 6 heteroatoms. The third kappa shape index (κ3) is 3.47. The normalized spacial score (nSPS) is 26.6. The fraction of sp³-hybridized carbons (Fsp3) is 0.464. The van der Waals surface area contributed by atoms with Crippen molar-refractivity contribution in [1.29, 1.82) is 0 Å². The summed E-state index contributed by atoms with van der Waals surface area (Å²) in [6.07, 6.45) is 9.51. The number of fused-ring (bicyclic) bond motifs is 2. The fourth-order valence-electron chi connectivity index (χ4n) is 6.56. The summed E-state index contributed by atoms with van der Waals surface area (Å²) in [5.41, 5.74) is 2.91. The number of piperidine rings is 1. The summed E-state index contributed by atoms with van der Waals surface area (Å²) in [5.74, 6) is 0.606. The zero-order valence-electron chi connectivity index (χ0n) is 19.6. The Balaban J connectivity index is 1.36. The van der Waals surface area contributed by atoms with Gasteiger partial charge in [-0.15, -0.1) is 0 Å². The number of carbonyl (C=O) groups excluding carboxylic acids is 1. The second-order valence-corrected chi connectivity index (χ2v) is 10.1. The Morgan fingerprint density at radius 1 is 0.971 bits per heavy atom. The molecule has 2 fully saturated rings. The van der Waals surface area contributed by atoms with Gasteiger partial charge in [-0.2, -0.15) is 0 Å². The molecule has 2 aliphatic heterocycles. The number of carbonyl (C=O) groups is 1. The SMILES string of the molecule is O=C(c1nc(-c2ccccn2)c2n1CCCC2)N1CCC(O)(c2ccccc2)[C@H]2CCCC[C@H]21. The Labute approximate surface area is 200 Å². The summed E-state index contributed by atoms with van der Waals surface area (Å²) >= 11 is 0. The van der Waals surface area contributed by atoms with Crippen LogP contribution < -0.4 is 0 Å². The van der Waals surface area contributed by atoms with Crippen LogP contribution in [0.25, 0.3) is 11.4 Å². The van der Waals surface area contributed by atoms with Crippen molar-refractivity contribution >= 4 is 5.91 Å². The molecule has 34 heavy (non-hydrogen) atoms. The van der Waals surface area contributed by atoms with Gasteiger partial charge in [0.1, 0.15) is 5.69 Å². The second-order valence-electron chi connectivity index (χ2n) is 10.1. The van der Waals surface area contributed by atoms with Gasteiger partial charge in [0.2, 0.25) is 0 Å². The van der Waals surface area contributed by atoms with Crippen LogP contribution in [0.15, 0.2) is 54.7 Å². The monoisotopic (exact) mass is 456 g/mol. The number of aliphatic hydroxyl groups is 1. The maximum absolute atomic E-state index is 14.1. The third-order valence-corrected chi connectivity index (χ3v) is 8.23. The van der Waals surface area contributed by atoms with Gasteiger partial charge >= 0.3 is 0 Å². The predicted molar refractivity (Wildman–Crippen MR) is 130 cm³/mol. The van der Waals surface area contributed by atoms with Crippen LogP contribution in [0, 0.1) is 5.92 Å². The first-order chi connectivity index (χ1) is 16.7. The Morgan fingerprint density at radius 2 is 1.79 bits per heavy atom. The average Bonchev–Trinajstić information content (AvgIpc) is 3.30. The van der Waals surface area contributed by atoms with Gasteiger partial charge in [-0.3, -0.25) is 9.78 Å². The van der Waals surface area contributed by atoms with Gasteiger partial charge in [-0.25, -0.2) is 4.98 Å². The number of imidazole rings is 1. The molecule has 1 saturated heterocycles. The van der Waals surface area contributed by atoms with Crippen LogP contribution in [0.2, 0.25) is 0 Å². The maximum atomic E-state index is 14.1. The van der Waals surface area contributed by atoms with E-state index < -0.39 is 5.60 Å². The van der Waals surface area contributed by atoms with E-state index in [1.807, 2.05) is 53.4 Å². The summed E-state index contributed by atoms with van der Waals surface area (Å²) in [7, 11) is 0. The van der Waals surface area contributed by atoms with Crippen molar-refractivity contribution in [3.05, 3.63) is 71.8 Å². The largest absolute Gasteiger partial charge is 0.385 e. The van der Waals surface area contributed by atoms with Crippen molar-refractivity contribution in [2.45, 2.75) is 69.6 Å². The van der Waals surface area contributed by atoms with E-state index in [2.05, 4.69) is 9.55 Å². The Morgan fingerprint density at radius 3 is 2.62 bits per heavy atom. The summed E-state index contributed by atoms with van der Waals surface area (Å²) in [6.45, 7) is 1.37. The molecular formula is C28H32N4O2. The number of aromatic nitrogens is 3. The zero-order chi connectivity index (χ0) is 23.1. The summed E-state index contributed by atoms with van der Waals surface area (Å²) < 4.78 is 2.14. The van der Waals surface area contributed by atoms with E-state index in [4.69, 9.17) is 4.98 Å². The van der Waals surface area contributed by atoms with Crippen molar-refractivity contribution in [3.8, 4) is 11.4 Å². The van der Waals surface area contributed by atoms with E-state index in [9.17, 15) is 9.90 Å². The number of likely N-dealkylation sites (tertiary alicyclic amines) is 1. The summed E-state index contributed by atoms with van der Waals surface area (Å²) in [5, 5.41) is 11.9. The standard InChI is InChI=1S/C28H32N4O2/c33-27(26-30-25(22-13-6-8-17-29-22)24-15-7-9-18-31(24)26)32-19-16-28(34,20-10-2-1-3-11-20)21-12-4-5-14-23(21)32/h1-3,6,8,10-11,13,17,21,23,34H,4-5,7,9,12,14-16,18-19H2/t21-,23+,28?/m0/s1. The number of pyridine rings is 1. The molecule has 0 spiro atoms. The number of nitrogens with zero attached hydrogens (tertiary/aromatic N) is 4. The first kappa shape index (κ1) is 21.5. The molecule has 1 amide bonds. The zero-order valence-corrected chi connectivity index (χ0v) is 19.6. The van der Waals surface area contributed by atoms with Crippen LogP contribution in [-0.2, 0) is 18.6 Å². The Kier molecular flexibility index (Phi) is 5.48. The van der Waals surface area contributed by atoms with E-state index in [1.54, 1.807) is 6.20 Å². The maximum Gasteiger partial charge on any atom is 0.290 e. The molecule has 3 atom stereocenters. The van der Waals surface area contributed by atoms with Crippen molar-refractivity contribution in [1.82, 2.24) is 19.4 Å². The van der Waals surface area contributed by atoms with Crippen LogP contribution in [0.1, 0.15) is 66.8 Å². The van der Waals surface area contributed by atoms with E-state index >= 15 is 0 Å². The third-order valence-electron chi connectivity index (χ3n) is 8.23.